The van der Waals surface area contributed by atoms with Crippen LogP contribution in [-0.2, 0) is 4.79 Å². The lowest BCUT2D eigenvalue weighted by Crippen LogP contribution is -2.33. The number of unbranched alkanes of at least 4 members (excludes halogenated alkanes) is 1. The van der Waals surface area contributed by atoms with Gasteiger partial charge < -0.3 is 9.80 Å². The fourth-order valence-electron chi connectivity index (χ4n) is 1.29. The molecule has 0 spiro atoms. The lowest BCUT2D eigenvalue weighted by molar-refractivity contribution is -0.117. The van der Waals surface area contributed by atoms with E-state index in [4.69, 9.17) is 0 Å². The van der Waals surface area contributed by atoms with E-state index in [-0.39, 0.29) is 0 Å². The van der Waals surface area contributed by atoms with Crippen molar-refractivity contribution < 1.29 is 4.79 Å². The van der Waals surface area contributed by atoms with Gasteiger partial charge in [0.2, 0.25) is 6.41 Å². The van der Waals surface area contributed by atoms with Crippen LogP contribution in [-0.4, -0.2) is 49.4 Å². The van der Waals surface area contributed by atoms with Crippen LogP contribution in [0.1, 0.15) is 33.1 Å². The molecule has 0 bridgehead atoms. The Morgan fingerprint density at radius 2 is 1.93 bits per heavy atom. The van der Waals surface area contributed by atoms with Gasteiger partial charge in [-0.1, -0.05) is 13.3 Å². The Bertz CT molecular complexity index is 150. The van der Waals surface area contributed by atoms with Crippen LogP contribution in [0.4, 0.5) is 0 Å². The van der Waals surface area contributed by atoms with E-state index in [0.717, 1.165) is 25.9 Å². The Morgan fingerprint density at radius 3 is 2.43 bits per heavy atom. The van der Waals surface area contributed by atoms with Crippen molar-refractivity contribution in [2.45, 2.75) is 39.2 Å². The Balaban J connectivity index is 3.60. The number of hydrogen-bond acceptors (Lipinski definition) is 2. The van der Waals surface area contributed by atoms with Gasteiger partial charge in [-0.15, -0.1) is 0 Å². The smallest absolute Gasteiger partial charge is 0.209 e. The van der Waals surface area contributed by atoms with Crippen molar-refractivity contribution in [1.29, 1.82) is 0 Å². The molecular formula is C11H24N2O. The van der Waals surface area contributed by atoms with E-state index in [0.29, 0.717) is 6.04 Å². The van der Waals surface area contributed by atoms with Crippen molar-refractivity contribution in [3.05, 3.63) is 0 Å². The van der Waals surface area contributed by atoms with Crippen molar-refractivity contribution in [2.75, 3.05) is 27.2 Å². The fraction of sp³-hybridized carbons (Fsp3) is 0.909. The summed E-state index contributed by atoms with van der Waals surface area (Å²) in [4.78, 5) is 14.4. The van der Waals surface area contributed by atoms with Crippen molar-refractivity contribution >= 4 is 6.41 Å². The summed E-state index contributed by atoms with van der Waals surface area (Å²) < 4.78 is 0. The van der Waals surface area contributed by atoms with Crippen molar-refractivity contribution in [2.24, 2.45) is 0 Å². The summed E-state index contributed by atoms with van der Waals surface area (Å²) in [5.41, 5.74) is 0. The SMILES string of the molecule is CCCCN(C)C(C)CCN(C)C=O. The highest BCUT2D eigenvalue weighted by Crippen LogP contribution is 2.03. The Kier molecular flexibility index (Phi) is 7.48. The molecule has 0 heterocycles. The molecule has 1 amide bonds. The third kappa shape index (κ3) is 5.97. The molecule has 14 heavy (non-hydrogen) atoms. The summed E-state index contributed by atoms with van der Waals surface area (Å²) in [6.45, 7) is 6.43. The standard InChI is InChI=1S/C11H24N2O/c1-5-6-8-13(4)11(2)7-9-12(3)10-14/h10-11H,5-9H2,1-4H3. The highest BCUT2D eigenvalue weighted by atomic mass is 16.1. The molecule has 3 heteroatoms. The minimum Gasteiger partial charge on any atom is -0.348 e. The molecule has 3 nitrogen and oxygen atoms in total. The average Bonchev–Trinajstić information content (AvgIpc) is 2.21. The summed E-state index contributed by atoms with van der Waals surface area (Å²) in [6.07, 6.45) is 4.43. The quantitative estimate of drug-likeness (QED) is 0.555. The van der Waals surface area contributed by atoms with Crippen LogP contribution < -0.4 is 0 Å². The summed E-state index contributed by atoms with van der Waals surface area (Å²) in [7, 11) is 3.98. The lowest BCUT2D eigenvalue weighted by atomic mass is 10.2. The zero-order valence-corrected chi connectivity index (χ0v) is 9.99. The van der Waals surface area contributed by atoms with Gasteiger partial charge in [0, 0.05) is 19.6 Å². The maximum Gasteiger partial charge on any atom is 0.209 e. The van der Waals surface area contributed by atoms with Crippen LogP contribution >= 0.6 is 0 Å². The molecule has 0 aliphatic heterocycles. The predicted molar refractivity (Wildman–Crippen MR) is 60.3 cm³/mol. The van der Waals surface area contributed by atoms with E-state index in [2.05, 4.69) is 25.8 Å². The van der Waals surface area contributed by atoms with Crippen LogP contribution in [0.5, 0.6) is 0 Å². The summed E-state index contributed by atoms with van der Waals surface area (Å²) in [6, 6.07) is 0.559. The number of carbonyl (C=O) groups excluding carboxylic acids is 1. The third-order valence-electron chi connectivity index (χ3n) is 2.70. The highest BCUT2D eigenvalue weighted by Gasteiger charge is 2.08. The van der Waals surface area contributed by atoms with Crippen LogP contribution in [0.3, 0.4) is 0 Å². The Morgan fingerprint density at radius 1 is 1.29 bits per heavy atom. The van der Waals surface area contributed by atoms with E-state index >= 15 is 0 Å². The number of hydrogen-bond donors (Lipinski definition) is 0. The van der Waals surface area contributed by atoms with Crippen LogP contribution in [0.25, 0.3) is 0 Å². The largest absolute Gasteiger partial charge is 0.348 e. The molecule has 0 radical (unpaired) electrons. The first-order valence-corrected chi connectivity index (χ1v) is 5.47. The normalized spacial score (nSPS) is 12.9. The second-order valence-electron chi connectivity index (χ2n) is 4.06. The molecule has 0 saturated carbocycles. The zero-order chi connectivity index (χ0) is 11.0. The number of amides is 1. The van der Waals surface area contributed by atoms with Gasteiger partial charge in [0.05, 0.1) is 0 Å². The van der Waals surface area contributed by atoms with Crippen LogP contribution in [0.15, 0.2) is 0 Å². The number of nitrogens with zero attached hydrogens (tertiary/aromatic N) is 2. The van der Waals surface area contributed by atoms with Gasteiger partial charge in [-0.05, 0) is 33.4 Å². The minimum absolute atomic E-state index is 0.559. The van der Waals surface area contributed by atoms with Crippen LogP contribution in [0, 0.1) is 0 Å². The number of rotatable bonds is 8. The monoisotopic (exact) mass is 200 g/mol. The molecule has 0 fully saturated rings. The van der Waals surface area contributed by atoms with Gasteiger partial charge in [0.15, 0.2) is 0 Å². The molecule has 0 aromatic carbocycles. The van der Waals surface area contributed by atoms with Gasteiger partial charge in [0.25, 0.3) is 0 Å². The maximum atomic E-state index is 10.4. The predicted octanol–water partition coefficient (Wildman–Crippen LogP) is 1.59. The zero-order valence-electron chi connectivity index (χ0n) is 9.99. The summed E-state index contributed by atoms with van der Waals surface area (Å²) in [5.74, 6) is 0. The molecule has 0 saturated heterocycles. The van der Waals surface area contributed by atoms with Gasteiger partial charge >= 0.3 is 0 Å². The molecule has 0 aliphatic rings. The molecule has 0 rings (SSSR count). The van der Waals surface area contributed by atoms with Crippen molar-refractivity contribution in [1.82, 2.24) is 9.80 Å². The number of carbonyl (C=O) groups is 1. The molecule has 0 aliphatic carbocycles. The highest BCUT2D eigenvalue weighted by molar-refractivity contribution is 5.46. The van der Waals surface area contributed by atoms with Crippen molar-refractivity contribution in [3.8, 4) is 0 Å². The van der Waals surface area contributed by atoms with E-state index in [9.17, 15) is 4.79 Å². The lowest BCUT2D eigenvalue weighted by Gasteiger charge is -2.25. The maximum absolute atomic E-state index is 10.4. The molecule has 1 atom stereocenters. The van der Waals surface area contributed by atoms with Gasteiger partial charge in [0.1, 0.15) is 0 Å². The molecule has 84 valence electrons. The third-order valence-corrected chi connectivity index (χ3v) is 2.70. The minimum atomic E-state index is 0.559. The van der Waals surface area contributed by atoms with E-state index in [1.165, 1.54) is 12.8 Å². The van der Waals surface area contributed by atoms with E-state index in [1.807, 2.05) is 7.05 Å². The second kappa shape index (κ2) is 7.80. The first-order valence-electron chi connectivity index (χ1n) is 5.47. The first-order chi connectivity index (χ1) is 6.61. The van der Waals surface area contributed by atoms with Gasteiger partial charge in [-0.3, -0.25) is 4.79 Å². The van der Waals surface area contributed by atoms with E-state index < -0.39 is 0 Å². The average molecular weight is 200 g/mol. The van der Waals surface area contributed by atoms with Crippen LogP contribution in [0.2, 0.25) is 0 Å². The van der Waals surface area contributed by atoms with Crippen molar-refractivity contribution in [3.63, 3.8) is 0 Å². The van der Waals surface area contributed by atoms with E-state index in [1.54, 1.807) is 4.90 Å². The molecule has 0 aromatic rings. The fourth-order valence-corrected chi connectivity index (χ4v) is 1.29. The Labute approximate surface area is 88.1 Å². The molecule has 1 unspecified atom stereocenters. The topological polar surface area (TPSA) is 23.6 Å². The molecule has 0 N–H and O–H groups in total. The van der Waals surface area contributed by atoms with Gasteiger partial charge in [-0.25, -0.2) is 0 Å². The summed E-state index contributed by atoms with van der Waals surface area (Å²) >= 11 is 0. The molecular weight excluding hydrogens is 176 g/mol. The first kappa shape index (κ1) is 13.4. The molecule has 0 aromatic heterocycles. The summed E-state index contributed by atoms with van der Waals surface area (Å²) in [5, 5.41) is 0. The van der Waals surface area contributed by atoms with Gasteiger partial charge in [-0.2, -0.15) is 0 Å². The Hall–Kier alpha value is -0.570. The second-order valence-corrected chi connectivity index (χ2v) is 4.06.